The number of hydrogen-bond donors (Lipinski definition) is 4. The van der Waals surface area contributed by atoms with Crippen molar-refractivity contribution in [3.63, 3.8) is 0 Å². The summed E-state index contributed by atoms with van der Waals surface area (Å²) in [5.74, 6) is -2.22. The number of halogens is 3. The minimum atomic E-state index is -4.55. The number of benzene rings is 3. The fourth-order valence-corrected chi connectivity index (χ4v) is 5.70. The second-order valence-corrected chi connectivity index (χ2v) is 10.8. The van der Waals surface area contributed by atoms with Gasteiger partial charge in [0.15, 0.2) is 0 Å². The highest BCUT2D eigenvalue weighted by molar-refractivity contribution is 6.00. The summed E-state index contributed by atoms with van der Waals surface area (Å²) in [6.07, 6.45) is -2.75. The summed E-state index contributed by atoms with van der Waals surface area (Å²) in [7, 11) is 0. The number of alkyl halides is 3. The van der Waals surface area contributed by atoms with Crippen molar-refractivity contribution in [2.45, 2.75) is 56.2 Å². The van der Waals surface area contributed by atoms with Gasteiger partial charge in [0, 0.05) is 18.5 Å². The molecule has 0 aromatic heterocycles. The Bertz CT molecular complexity index is 1450. The van der Waals surface area contributed by atoms with E-state index in [1.165, 1.54) is 0 Å². The van der Waals surface area contributed by atoms with Crippen LogP contribution in [0.4, 0.5) is 13.2 Å². The number of carbonyl (C=O) groups is 4. The molecule has 5 N–H and O–H groups in total. The zero-order valence-electron chi connectivity index (χ0n) is 24.1. The first kappa shape index (κ1) is 32.2. The number of fused-ring (bicyclic) bond motifs is 3. The molecule has 1 aliphatic rings. The van der Waals surface area contributed by atoms with Crippen LogP contribution in [-0.2, 0) is 19.8 Å². The van der Waals surface area contributed by atoms with Gasteiger partial charge in [-0.3, -0.25) is 19.2 Å². The Morgan fingerprint density at radius 1 is 0.773 bits per heavy atom. The zero-order valence-corrected chi connectivity index (χ0v) is 24.1. The van der Waals surface area contributed by atoms with E-state index in [0.29, 0.717) is 36.0 Å². The molecule has 44 heavy (non-hydrogen) atoms. The molecule has 0 saturated carbocycles. The van der Waals surface area contributed by atoms with Gasteiger partial charge in [0.2, 0.25) is 17.7 Å². The van der Waals surface area contributed by atoms with Gasteiger partial charge in [-0.15, -0.1) is 0 Å². The van der Waals surface area contributed by atoms with Crippen LogP contribution >= 0.6 is 0 Å². The number of primary amides is 1. The van der Waals surface area contributed by atoms with Gasteiger partial charge in [0.05, 0.1) is 0 Å². The third-order valence-electron chi connectivity index (χ3n) is 7.77. The van der Waals surface area contributed by atoms with E-state index in [-0.39, 0.29) is 25.8 Å². The Kier molecular flexibility index (Phi) is 10.4. The van der Waals surface area contributed by atoms with Gasteiger partial charge in [-0.2, -0.15) is 13.2 Å². The van der Waals surface area contributed by atoms with Gasteiger partial charge in [-0.1, -0.05) is 79.6 Å². The lowest BCUT2D eigenvalue weighted by molar-refractivity contribution is -0.141. The third kappa shape index (κ3) is 7.64. The van der Waals surface area contributed by atoms with E-state index in [9.17, 15) is 32.3 Å². The van der Waals surface area contributed by atoms with Crippen molar-refractivity contribution in [2.24, 2.45) is 5.73 Å². The molecular weight excluding hydrogens is 573 g/mol. The lowest BCUT2D eigenvalue weighted by atomic mass is 9.73. The molecule has 0 radical (unpaired) electrons. The molecule has 0 unspecified atom stereocenters. The van der Waals surface area contributed by atoms with Crippen LogP contribution in [0.3, 0.4) is 0 Å². The Morgan fingerprint density at radius 3 is 1.95 bits per heavy atom. The Hall–Kier alpha value is -4.67. The topological polar surface area (TPSA) is 130 Å². The first-order chi connectivity index (χ1) is 21.0. The van der Waals surface area contributed by atoms with E-state index in [0.717, 1.165) is 11.1 Å². The predicted octanol–water partition coefficient (Wildman–Crippen LogP) is 4.37. The number of amides is 4. The van der Waals surface area contributed by atoms with E-state index >= 15 is 0 Å². The number of nitrogens with one attached hydrogen (secondary N) is 3. The molecule has 0 spiro atoms. The number of nitrogens with two attached hydrogens (primary N) is 1. The maximum Gasteiger partial charge on any atom is 0.405 e. The molecule has 4 rings (SSSR count). The van der Waals surface area contributed by atoms with E-state index in [2.05, 4.69) is 16.0 Å². The summed E-state index contributed by atoms with van der Waals surface area (Å²) >= 11 is 0. The van der Waals surface area contributed by atoms with Gasteiger partial charge in [-0.05, 0) is 53.6 Å². The molecule has 3 aromatic rings. The van der Waals surface area contributed by atoms with E-state index < -0.39 is 47.8 Å². The molecule has 1 aliphatic carbocycles. The van der Waals surface area contributed by atoms with Crippen LogP contribution in [0.5, 0.6) is 0 Å². The molecule has 8 nitrogen and oxygen atoms in total. The average Bonchev–Trinajstić information content (AvgIpc) is 3.30. The van der Waals surface area contributed by atoms with Crippen molar-refractivity contribution in [3.8, 4) is 11.1 Å². The second kappa shape index (κ2) is 14.2. The SMILES string of the molecule is NC(=O)CC[C@H](NC(=O)c1ccccc1)C(=O)NCCCCCC1(C(=O)NCC(F)(F)F)c2ccccc2-c2ccccc21. The molecule has 4 amide bonds. The first-order valence-corrected chi connectivity index (χ1v) is 14.5. The van der Waals surface area contributed by atoms with Gasteiger partial charge < -0.3 is 21.7 Å². The lowest BCUT2D eigenvalue weighted by Gasteiger charge is -2.31. The fraction of sp³-hybridized carbons (Fsp3) is 0.333. The maximum atomic E-state index is 13.6. The fourth-order valence-electron chi connectivity index (χ4n) is 5.70. The third-order valence-corrected chi connectivity index (χ3v) is 7.77. The predicted molar refractivity (Wildman–Crippen MR) is 159 cm³/mol. The molecule has 0 aliphatic heterocycles. The molecule has 11 heteroatoms. The van der Waals surface area contributed by atoms with Crippen LogP contribution in [0.15, 0.2) is 78.9 Å². The molecule has 0 saturated heterocycles. The number of carbonyl (C=O) groups excluding carboxylic acids is 4. The van der Waals surface area contributed by atoms with Crippen LogP contribution in [0.1, 0.15) is 60.0 Å². The standard InChI is InChI=1S/C33H35F3N4O4/c34-33(35,36)21-39-31(44)32(25-15-7-5-13-23(25)24-14-6-8-16-26(24)32)19-9-2-10-20-38-30(43)27(17-18-28(37)41)40-29(42)22-11-3-1-4-12-22/h1,3-8,11-16,27H,2,9-10,17-21H2,(H2,37,41)(H,38,43)(H,39,44)(H,40,42)/t27-/m0/s1. The Labute approximate surface area is 253 Å². The van der Waals surface area contributed by atoms with Crippen LogP contribution < -0.4 is 21.7 Å². The van der Waals surface area contributed by atoms with Crippen LogP contribution in [0, 0.1) is 0 Å². The first-order valence-electron chi connectivity index (χ1n) is 14.5. The van der Waals surface area contributed by atoms with E-state index in [1.807, 2.05) is 24.3 Å². The highest BCUT2D eigenvalue weighted by atomic mass is 19.4. The minimum Gasteiger partial charge on any atom is -0.370 e. The summed E-state index contributed by atoms with van der Waals surface area (Å²) in [5.41, 5.74) is 7.30. The van der Waals surface area contributed by atoms with Crippen molar-refractivity contribution in [1.29, 1.82) is 0 Å². The Balaban J connectivity index is 1.39. The summed E-state index contributed by atoms with van der Waals surface area (Å²) in [4.78, 5) is 50.4. The van der Waals surface area contributed by atoms with Crippen molar-refractivity contribution in [3.05, 3.63) is 95.6 Å². The van der Waals surface area contributed by atoms with Crippen molar-refractivity contribution in [1.82, 2.24) is 16.0 Å². The molecule has 1 atom stereocenters. The molecule has 3 aromatic carbocycles. The average molecular weight is 609 g/mol. The van der Waals surface area contributed by atoms with Gasteiger partial charge in [0.1, 0.15) is 18.0 Å². The normalized spacial score (nSPS) is 13.7. The van der Waals surface area contributed by atoms with Crippen molar-refractivity contribution in [2.75, 3.05) is 13.1 Å². The lowest BCUT2D eigenvalue weighted by Crippen LogP contribution is -2.47. The highest BCUT2D eigenvalue weighted by Gasteiger charge is 2.49. The highest BCUT2D eigenvalue weighted by Crippen LogP contribution is 2.51. The largest absolute Gasteiger partial charge is 0.405 e. The zero-order chi connectivity index (χ0) is 31.7. The van der Waals surface area contributed by atoms with Gasteiger partial charge >= 0.3 is 6.18 Å². The maximum absolute atomic E-state index is 13.6. The Morgan fingerprint density at radius 2 is 1.36 bits per heavy atom. The molecule has 0 bridgehead atoms. The van der Waals surface area contributed by atoms with Crippen LogP contribution in [0.25, 0.3) is 11.1 Å². The number of rotatable bonds is 14. The van der Waals surface area contributed by atoms with Crippen LogP contribution in [-0.4, -0.2) is 48.9 Å². The summed E-state index contributed by atoms with van der Waals surface area (Å²) < 4.78 is 39.2. The van der Waals surface area contributed by atoms with Gasteiger partial charge in [0.25, 0.3) is 5.91 Å². The van der Waals surface area contributed by atoms with Crippen molar-refractivity contribution >= 4 is 23.6 Å². The summed E-state index contributed by atoms with van der Waals surface area (Å²) in [6.45, 7) is -1.17. The minimum absolute atomic E-state index is 0.0358. The van der Waals surface area contributed by atoms with Crippen LogP contribution in [0.2, 0.25) is 0 Å². The molecule has 232 valence electrons. The second-order valence-electron chi connectivity index (χ2n) is 10.8. The van der Waals surface area contributed by atoms with E-state index in [4.69, 9.17) is 5.73 Å². The molecular formula is C33H35F3N4O4. The summed E-state index contributed by atoms with van der Waals surface area (Å²) in [5, 5.41) is 7.56. The number of unbranched alkanes of at least 4 members (excludes halogenated alkanes) is 2. The van der Waals surface area contributed by atoms with Gasteiger partial charge in [-0.25, -0.2) is 0 Å². The molecule has 0 heterocycles. The summed E-state index contributed by atoms with van der Waals surface area (Å²) in [6, 6.07) is 21.9. The quantitative estimate of drug-likeness (QED) is 0.203. The number of hydrogen-bond acceptors (Lipinski definition) is 4. The van der Waals surface area contributed by atoms with Crippen molar-refractivity contribution < 1.29 is 32.3 Å². The monoisotopic (exact) mass is 608 g/mol. The molecule has 0 fully saturated rings. The smallest absolute Gasteiger partial charge is 0.370 e. The van der Waals surface area contributed by atoms with E-state index in [1.54, 1.807) is 54.6 Å².